The molecule has 2 rings (SSSR count). The van der Waals surface area contributed by atoms with Crippen LogP contribution in [-0.2, 0) is 11.3 Å². The van der Waals surface area contributed by atoms with E-state index in [1.54, 1.807) is 0 Å². The van der Waals surface area contributed by atoms with Gasteiger partial charge in [0.05, 0.1) is 5.54 Å². The van der Waals surface area contributed by atoms with Crippen molar-refractivity contribution < 1.29 is 9.53 Å². The number of para-hydroxylation sites is 1. The van der Waals surface area contributed by atoms with Crippen LogP contribution in [0.25, 0.3) is 0 Å². The molecule has 1 aliphatic rings. The highest BCUT2D eigenvalue weighted by Gasteiger charge is 2.45. The predicted octanol–water partition coefficient (Wildman–Crippen LogP) is 1.58. The Morgan fingerprint density at radius 1 is 1.32 bits per heavy atom. The molecule has 126 valence electrons. The van der Waals surface area contributed by atoms with Gasteiger partial charge in [-0.3, -0.25) is 4.79 Å². The SMILES string of the molecule is CN(C)CCOc1ccccc1CNC(=O)C1(N)CC1.Cl.Cl. The first-order chi connectivity index (χ1) is 9.51. The highest BCUT2D eigenvalue weighted by atomic mass is 35.5. The van der Waals surface area contributed by atoms with Gasteiger partial charge in [0.2, 0.25) is 5.91 Å². The fraction of sp³-hybridized carbons (Fsp3) is 0.533. The molecule has 0 saturated heterocycles. The van der Waals surface area contributed by atoms with Crippen LogP contribution in [-0.4, -0.2) is 43.6 Å². The maximum Gasteiger partial charge on any atom is 0.240 e. The van der Waals surface area contributed by atoms with Crippen LogP contribution >= 0.6 is 24.8 Å². The lowest BCUT2D eigenvalue weighted by molar-refractivity contribution is -0.123. The summed E-state index contributed by atoms with van der Waals surface area (Å²) in [4.78, 5) is 13.9. The second-order valence-electron chi connectivity index (χ2n) is 5.60. The normalized spacial score (nSPS) is 14.5. The predicted molar refractivity (Wildman–Crippen MR) is 93.0 cm³/mol. The second kappa shape index (κ2) is 9.20. The van der Waals surface area contributed by atoms with Gasteiger partial charge in [-0.1, -0.05) is 18.2 Å². The van der Waals surface area contributed by atoms with Gasteiger partial charge >= 0.3 is 0 Å². The zero-order chi connectivity index (χ0) is 14.6. The van der Waals surface area contributed by atoms with Crippen LogP contribution in [0, 0.1) is 0 Å². The number of hydrogen-bond acceptors (Lipinski definition) is 4. The van der Waals surface area contributed by atoms with E-state index in [4.69, 9.17) is 10.5 Å². The highest BCUT2D eigenvalue weighted by Crippen LogP contribution is 2.32. The van der Waals surface area contributed by atoms with Crippen molar-refractivity contribution in [3.63, 3.8) is 0 Å². The van der Waals surface area contributed by atoms with Crippen molar-refractivity contribution in [1.82, 2.24) is 10.2 Å². The topological polar surface area (TPSA) is 67.6 Å². The summed E-state index contributed by atoms with van der Waals surface area (Å²) in [6.07, 6.45) is 1.56. The first kappa shape index (κ1) is 21.0. The Kier molecular flexibility index (Phi) is 8.78. The van der Waals surface area contributed by atoms with Gasteiger partial charge in [0.1, 0.15) is 12.4 Å². The summed E-state index contributed by atoms with van der Waals surface area (Å²) in [6.45, 7) is 1.93. The third kappa shape index (κ3) is 6.01. The number of nitrogens with one attached hydrogen (secondary N) is 1. The average Bonchev–Trinajstić information content (AvgIpc) is 3.16. The molecule has 0 heterocycles. The van der Waals surface area contributed by atoms with Gasteiger partial charge in [0.15, 0.2) is 0 Å². The maximum atomic E-state index is 11.8. The van der Waals surface area contributed by atoms with E-state index < -0.39 is 5.54 Å². The Morgan fingerprint density at radius 3 is 2.55 bits per heavy atom. The van der Waals surface area contributed by atoms with Crippen LogP contribution in [0.1, 0.15) is 18.4 Å². The van der Waals surface area contributed by atoms with Crippen molar-refractivity contribution in [2.45, 2.75) is 24.9 Å². The summed E-state index contributed by atoms with van der Waals surface area (Å²) < 4.78 is 5.76. The molecule has 7 heteroatoms. The Bertz CT molecular complexity index is 480. The molecule has 0 unspecified atom stereocenters. The van der Waals surface area contributed by atoms with Crippen LogP contribution in [0.3, 0.4) is 0 Å². The monoisotopic (exact) mass is 349 g/mol. The Labute approximate surface area is 144 Å². The molecule has 0 atom stereocenters. The number of rotatable bonds is 7. The van der Waals surface area contributed by atoms with Gasteiger partial charge in [-0.2, -0.15) is 0 Å². The van der Waals surface area contributed by atoms with Gasteiger partial charge in [-0.15, -0.1) is 24.8 Å². The standard InChI is InChI=1S/C15H23N3O2.2ClH/c1-18(2)9-10-20-13-6-4-3-5-12(13)11-17-14(19)15(16)7-8-15;;/h3-6H,7-11,16H2,1-2H3,(H,17,19);2*1H. The van der Waals surface area contributed by atoms with Crippen molar-refractivity contribution in [1.29, 1.82) is 0 Å². The van der Waals surface area contributed by atoms with Crippen molar-refractivity contribution >= 4 is 30.7 Å². The molecule has 1 aromatic rings. The summed E-state index contributed by atoms with van der Waals surface area (Å²) in [6, 6.07) is 7.76. The van der Waals surface area contributed by atoms with Crippen LogP contribution < -0.4 is 15.8 Å². The number of benzene rings is 1. The molecule has 22 heavy (non-hydrogen) atoms. The number of carbonyl (C=O) groups excluding carboxylic acids is 1. The van der Waals surface area contributed by atoms with E-state index in [-0.39, 0.29) is 30.7 Å². The first-order valence-corrected chi connectivity index (χ1v) is 6.94. The quantitative estimate of drug-likeness (QED) is 0.784. The molecule has 0 radical (unpaired) electrons. The summed E-state index contributed by atoms with van der Waals surface area (Å²) in [5, 5.41) is 2.89. The van der Waals surface area contributed by atoms with Gasteiger partial charge in [-0.05, 0) is 33.0 Å². The van der Waals surface area contributed by atoms with E-state index in [1.807, 2.05) is 38.4 Å². The number of nitrogens with zero attached hydrogens (tertiary/aromatic N) is 1. The molecule has 0 bridgehead atoms. The molecule has 3 N–H and O–H groups in total. The Morgan fingerprint density at radius 2 is 1.95 bits per heavy atom. The van der Waals surface area contributed by atoms with E-state index in [1.165, 1.54) is 0 Å². The number of likely N-dealkylation sites (N-methyl/N-ethyl adjacent to an activating group) is 1. The minimum Gasteiger partial charge on any atom is -0.492 e. The molecule has 1 fully saturated rings. The third-order valence-corrected chi connectivity index (χ3v) is 3.45. The average molecular weight is 350 g/mol. The molecule has 0 aromatic heterocycles. The second-order valence-corrected chi connectivity index (χ2v) is 5.60. The van der Waals surface area contributed by atoms with E-state index in [0.717, 1.165) is 30.7 Å². The number of ether oxygens (including phenoxy) is 1. The summed E-state index contributed by atoms with van der Waals surface area (Å²) >= 11 is 0. The van der Waals surface area contributed by atoms with Gasteiger partial charge in [0.25, 0.3) is 0 Å². The number of halogens is 2. The van der Waals surface area contributed by atoms with Crippen molar-refractivity contribution in [2.24, 2.45) is 5.73 Å². The lowest BCUT2D eigenvalue weighted by atomic mass is 10.2. The van der Waals surface area contributed by atoms with Crippen molar-refractivity contribution in [3.8, 4) is 5.75 Å². The molecule has 1 aromatic carbocycles. The highest BCUT2D eigenvalue weighted by molar-refractivity contribution is 5.88. The molecule has 5 nitrogen and oxygen atoms in total. The fourth-order valence-corrected chi connectivity index (χ4v) is 1.84. The molecule has 1 saturated carbocycles. The molecule has 0 aliphatic heterocycles. The lowest BCUT2D eigenvalue weighted by Crippen LogP contribution is -2.42. The van der Waals surface area contributed by atoms with E-state index >= 15 is 0 Å². The zero-order valence-electron chi connectivity index (χ0n) is 13.0. The number of hydrogen-bond donors (Lipinski definition) is 2. The Balaban J connectivity index is 0.00000220. The maximum absolute atomic E-state index is 11.8. The van der Waals surface area contributed by atoms with Crippen LogP contribution in [0.15, 0.2) is 24.3 Å². The lowest BCUT2D eigenvalue weighted by Gasteiger charge is -2.15. The molecule has 0 spiro atoms. The fourth-order valence-electron chi connectivity index (χ4n) is 1.84. The largest absolute Gasteiger partial charge is 0.492 e. The Hall–Kier alpha value is -1.01. The van der Waals surface area contributed by atoms with E-state index in [9.17, 15) is 4.79 Å². The summed E-state index contributed by atoms with van der Waals surface area (Å²) in [7, 11) is 4.01. The number of carbonyl (C=O) groups is 1. The van der Waals surface area contributed by atoms with Crippen molar-refractivity contribution in [2.75, 3.05) is 27.2 Å². The number of amides is 1. The van der Waals surface area contributed by atoms with E-state index in [2.05, 4.69) is 10.2 Å². The minimum atomic E-state index is -0.624. The molecular weight excluding hydrogens is 325 g/mol. The summed E-state index contributed by atoms with van der Waals surface area (Å²) in [5.74, 6) is 0.747. The van der Waals surface area contributed by atoms with Crippen LogP contribution in [0.4, 0.5) is 0 Å². The smallest absolute Gasteiger partial charge is 0.240 e. The molecule has 1 aliphatic carbocycles. The van der Waals surface area contributed by atoms with Crippen LogP contribution in [0.5, 0.6) is 5.75 Å². The van der Waals surface area contributed by atoms with Gasteiger partial charge in [-0.25, -0.2) is 0 Å². The molecule has 1 amide bonds. The minimum absolute atomic E-state index is 0. The van der Waals surface area contributed by atoms with E-state index in [0.29, 0.717) is 13.2 Å². The molecular formula is C15H25Cl2N3O2. The number of nitrogens with two attached hydrogens (primary N) is 1. The summed E-state index contributed by atoms with van der Waals surface area (Å²) in [5.41, 5.74) is 6.21. The van der Waals surface area contributed by atoms with Crippen molar-refractivity contribution in [3.05, 3.63) is 29.8 Å². The van der Waals surface area contributed by atoms with Gasteiger partial charge < -0.3 is 20.7 Å². The van der Waals surface area contributed by atoms with Gasteiger partial charge in [0, 0.05) is 18.7 Å². The third-order valence-electron chi connectivity index (χ3n) is 3.45. The zero-order valence-corrected chi connectivity index (χ0v) is 14.6. The first-order valence-electron chi connectivity index (χ1n) is 6.94. The van der Waals surface area contributed by atoms with Crippen LogP contribution in [0.2, 0.25) is 0 Å².